The first-order chi connectivity index (χ1) is 12.0. The van der Waals surface area contributed by atoms with Crippen molar-refractivity contribution in [2.24, 2.45) is 0 Å². The maximum atomic E-state index is 12.7. The molecule has 0 unspecified atom stereocenters. The Labute approximate surface area is 144 Å². The molecule has 1 amide bonds. The SMILES string of the molecule is COc1cccc(OC)c1C(=O)N1CC(Oc2cc(C)oc(=O)c2)C1. The van der Waals surface area contributed by atoms with E-state index in [2.05, 4.69) is 0 Å². The van der Waals surface area contributed by atoms with E-state index < -0.39 is 5.63 Å². The van der Waals surface area contributed by atoms with Gasteiger partial charge in [-0.05, 0) is 19.1 Å². The number of carbonyl (C=O) groups is 1. The molecule has 1 fully saturated rings. The quantitative estimate of drug-likeness (QED) is 0.823. The summed E-state index contributed by atoms with van der Waals surface area (Å²) in [7, 11) is 3.02. The summed E-state index contributed by atoms with van der Waals surface area (Å²) in [5.74, 6) is 1.67. The molecule has 0 spiro atoms. The second-order valence-corrected chi connectivity index (χ2v) is 5.71. The monoisotopic (exact) mass is 345 g/mol. The van der Waals surface area contributed by atoms with Crippen LogP contribution in [0, 0.1) is 6.92 Å². The first kappa shape index (κ1) is 16.9. The third kappa shape index (κ3) is 3.45. The maximum Gasteiger partial charge on any atom is 0.339 e. The lowest BCUT2D eigenvalue weighted by atomic mass is 10.1. The lowest BCUT2D eigenvalue weighted by Crippen LogP contribution is -2.56. The van der Waals surface area contributed by atoms with Gasteiger partial charge in [0.2, 0.25) is 0 Å². The second kappa shape index (κ2) is 6.88. The number of rotatable bonds is 5. The van der Waals surface area contributed by atoms with Crippen LogP contribution in [-0.4, -0.2) is 44.2 Å². The number of amides is 1. The average molecular weight is 345 g/mol. The van der Waals surface area contributed by atoms with Crippen LogP contribution in [0.5, 0.6) is 17.2 Å². The van der Waals surface area contributed by atoms with E-state index in [4.69, 9.17) is 18.6 Å². The minimum Gasteiger partial charge on any atom is -0.496 e. The Morgan fingerprint density at radius 3 is 2.36 bits per heavy atom. The summed E-state index contributed by atoms with van der Waals surface area (Å²) in [6.07, 6.45) is -0.175. The zero-order valence-corrected chi connectivity index (χ0v) is 14.3. The van der Waals surface area contributed by atoms with Crippen LogP contribution >= 0.6 is 0 Å². The van der Waals surface area contributed by atoms with E-state index in [0.29, 0.717) is 41.7 Å². The highest BCUT2D eigenvalue weighted by Gasteiger charge is 2.35. The number of carbonyl (C=O) groups excluding carboxylic acids is 1. The van der Waals surface area contributed by atoms with Gasteiger partial charge in [-0.1, -0.05) is 6.07 Å². The van der Waals surface area contributed by atoms with Gasteiger partial charge in [-0.2, -0.15) is 0 Å². The summed E-state index contributed by atoms with van der Waals surface area (Å²) >= 11 is 0. The van der Waals surface area contributed by atoms with Gasteiger partial charge in [0, 0.05) is 6.07 Å². The fourth-order valence-electron chi connectivity index (χ4n) is 2.73. The van der Waals surface area contributed by atoms with E-state index in [1.165, 1.54) is 20.3 Å². The second-order valence-electron chi connectivity index (χ2n) is 5.71. The molecular weight excluding hydrogens is 326 g/mol. The molecule has 1 saturated heterocycles. The van der Waals surface area contributed by atoms with Crippen LogP contribution in [0.15, 0.2) is 39.5 Å². The maximum absolute atomic E-state index is 12.7. The highest BCUT2D eigenvalue weighted by molar-refractivity contribution is 6.00. The van der Waals surface area contributed by atoms with Crippen LogP contribution in [0.3, 0.4) is 0 Å². The molecule has 132 valence electrons. The van der Waals surface area contributed by atoms with Crippen molar-refractivity contribution in [1.29, 1.82) is 0 Å². The molecule has 1 aromatic heterocycles. The van der Waals surface area contributed by atoms with Crippen LogP contribution in [0.2, 0.25) is 0 Å². The molecule has 0 saturated carbocycles. The van der Waals surface area contributed by atoms with Crippen molar-refractivity contribution in [3.63, 3.8) is 0 Å². The van der Waals surface area contributed by atoms with Crippen molar-refractivity contribution in [3.05, 3.63) is 52.1 Å². The first-order valence-corrected chi connectivity index (χ1v) is 7.80. The van der Waals surface area contributed by atoms with Crippen molar-refractivity contribution in [2.75, 3.05) is 27.3 Å². The van der Waals surface area contributed by atoms with E-state index >= 15 is 0 Å². The number of aryl methyl sites for hydroxylation is 1. The van der Waals surface area contributed by atoms with Crippen molar-refractivity contribution in [1.82, 2.24) is 4.90 Å². The van der Waals surface area contributed by atoms with Crippen LogP contribution in [0.4, 0.5) is 0 Å². The molecule has 2 heterocycles. The third-order valence-electron chi connectivity index (χ3n) is 3.95. The molecule has 0 atom stereocenters. The predicted molar refractivity (Wildman–Crippen MR) is 89.6 cm³/mol. The molecule has 7 nitrogen and oxygen atoms in total. The fourth-order valence-corrected chi connectivity index (χ4v) is 2.73. The number of ether oxygens (including phenoxy) is 3. The van der Waals surface area contributed by atoms with Gasteiger partial charge < -0.3 is 23.5 Å². The summed E-state index contributed by atoms with van der Waals surface area (Å²) in [4.78, 5) is 25.7. The zero-order chi connectivity index (χ0) is 18.0. The standard InChI is InChI=1S/C18H19NO6/c1-11-7-12(8-16(20)24-11)25-13-9-19(10-13)18(21)17-14(22-2)5-4-6-15(17)23-3/h4-8,13H,9-10H2,1-3H3. The van der Waals surface area contributed by atoms with Crippen LogP contribution < -0.4 is 19.8 Å². The Morgan fingerprint density at radius 2 is 1.80 bits per heavy atom. The predicted octanol–water partition coefficient (Wildman–Crippen LogP) is 1.87. The van der Waals surface area contributed by atoms with Gasteiger partial charge in [0.1, 0.15) is 34.7 Å². The molecule has 1 aromatic carbocycles. The van der Waals surface area contributed by atoms with E-state index in [1.54, 1.807) is 36.1 Å². The Bertz CT molecular complexity index is 815. The van der Waals surface area contributed by atoms with Gasteiger partial charge in [0.05, 0.1) is 33.4 Å². The van der Waals surface area contributed by atoms with Gasteiger partial charge in [-0.15, -0.1) is 0 Å². The highest BCUT2D eigenvalue weighted by atomic mass is 16.5. The highest BCUT2D eigenvalue weighted by Crippen LogP contribution is 2.31. The molecule has 0 aliphatic carbocycles. The topological polar surface area (TPSA) is 78.2 Å². The summed E-state index contributed by atoms with van der Waals surface area (Å²) in [5, 5.41) is 0. The Kier molecular flexibility index (Phi) is 4.65. The van der Waals surface area contributed by atoms with Gasteiger partial charge >= 0.3 is 5.63 Å². The summed E-state index contributed by atoms with van der Waals surface area (Å²) in [6, 6.07) is 8.14. The molecule has 0 N–H and O–H groups in total. The first-order valence-electron chi connectivity index (χ1n) is 7.80. The molecule has 25 heavy (non-hydrogen) atoms. The molecular formula is C18H19NO6. The van der Waals surface area contributed by atoms with Crippen LogP contribution in [0.25, 0.3) is 0 Å². The van der Waals surface area contributed by atoms with Crippen molar-refractivity contribution >= 4 is 5.91 Å². The number of nitrogens with zero attached hydrogens (tertiary/aromatic N) is 1. The van der Waals surface area contributed by atoms with Gasteiger partial charge in [-0.25, -0.2) is 4.79 Å². The number of methoxy groups -OCH3 is 2. The third-order valence-corrected chi connectivity index (χ3v) is 3.95. The minimum atomic E-state index is -0.457. The normalized spacial score (nSPS) is 14.0. The lowest BCUT2D eigenvalue weighted by Gasteiger charge is -2.39. The molecule has 7 heteroatoms. The Hall–Kier alpha value is -2.96. The van der Waals surface area contributed by atoms with Crippen LogP contribution in [0.1, 0.15) is 16.1 Å². The minimum absolute atomic E-state index is 0.175. The van der Waals surface area contributed by atoms with Crippen molar-refractivity contribution in [3.8, 4) is 17.2 Å². The lowest BCUT2D eigenvalue weighted by molar-refractivity contribution is 0.0170. The van der Waals surface area contributed by atoms with E-state index in [1.807, 2.05) is 0 Å². The van der Waals surface area contributed by atoms with E-state index in [9.17, 15) is 9.59 Å². The van der Waals surface area contributed by atoms with Crippen molar-refractivity contribution < 1.29 is 23.4 Å². The molecule has 0 bridgehead atoms. The largest absolute Gasteiger partial charge is 0.496 e. The Balaban J connectivity index is 1.68. The zero-order valence-electron chi connectivity index (χ0n) is 14.3. The molecule has 3 rings (SSSR count). The van der Waals surface area contributed by atoms with E-state index in [0.717, 1.165) is 0 Å². The molecule has 0 radical (unpaired) electrons. The number of benzene rings is 1. The number of hydrogen-bond donors (Lipinski definition) is 0. The van der Waals surface area contributed by atoms with Crippen molar-refractivity contribution in [2.45, 2.75) is 13.0 Å². The van der Waals surface area contributed by atoms with Crippen LogP contribution in [-0.2, 0) is 0 Å². The molecule has 1 aliphatic rings. The summed E-state index contributed by atoms with van der Waals surface area (Å²) < 4.78 is 21.2. The van der Waals surface area contributed by atoms with E-state index in [-0.39, 0.29) is 12.0 Å². The summed E-state index contributed by atoms with van der Waals surface area (Å²) in [5.41, 5.74) is -0.0665. The molecule has 1 aliphatic heterocycles. The van der Waals surface area contributed by atoms with Gasteiger partial charge in [0.15, 0.2) is 0 Å². The average Bonchev–Trinajstić information content (AvgIpc) is 2.55. The Morgan fingerprint density at radius 1 is 1.16 bits per heavy atom. The van der Waals surface area contributed by atoms with Gasteiger partial charge in [-0.3, -0.25) is 4.79 Å². The fraction of sp³-hybridized carbons (Fsp3) is 0.333. The van der Waals surface area contributed by atoms with Gasteiger partial charge in [0.25, 0.3) is 5.91 Å². The number of hydrogen-bond acceptors (Lipinski definition) is 6. The molecule has 2 aromatic rings. The number of likely N-dealkylation sites (tertiary alicyclic amines) is 1. The summed E-state index contributed by atoms with van der Waals surface area (Å²) in [6.45, 7) is 2.51. The smallest absolute Gasteiger partial charge is 0.339 e.